The average Bonchev–Trinajstić information content (AvgIpc) is 2.69. The fourth-order valence-corrected chi connectivity index (χ4v) is 5.66. The van der Waals surface area contributed by atoms with Crippen LogP contribution in [-0.4, -0.2) is 43.2 Å². The van der Waals surface area contributed by atoms with Crippen LogP contribution in [0.15, 0.2) is 41.3 Å². The fraction of sp³-hybridized carbons (Fsp3) is 0.333. The summed E-state index contributed by atoms with van der Waals surface area (Å²) in [5.41, 5.74) is -0.0405. The van der Waals surface area contributed by atoms with Crippen LogP contribution in [0.4, 0.5) is 14.5 Å². The largest absolute Gasteiger partial charge is 0.394 e. The maximum absolute atomic E-state index is 13.4. The Kier molecular flexibility index (Phi) is 7.16. The van der Waals surface area contributed by atoms with Gasteiger partial charge in [-0.15, -0.1) is 0 Å². The summed E-state index contributed by atoms with van der Waals surface area (Å²) >= 11 is 6.09. The lowest BCUT2D eigenvalue weighted by Gasteiger charge is -2.34. The molecule has 3 rings (SSSR count). The van der Waals surface area contributed by atoms with Gasteiger partial charge in [0.25, 0.3) is 5.91 Å². The van der Waals surface area contributed by atoms with Crippen LogP contribution in [0.5, 0.6) is 0 Å². The van der Waals surface area contributed by atoms with Crippen LogP contribution in [0, 0.1) is 17.6 Å². The van der Waals surface area contributed by atoms with Gasteiger partial charge in [-0.05, 0) is 50.1 Å². The third-order valence-electron chi connectivity index (χ3n) is 5.24. The molecule has 1 aliphatic carbocycles. The molecule has 172 valence electrons. The molecule has 7 nitrogen and oxygen atoms in total. The summed E-state index contributed by atoms with van der Waals surface area (Å²) in [5.74, 6) is -3.76. The first-order valence-corrected chi connectivity index (χ1v) is 11.7. The Hall–Kier alpha value is -2.56. The molecule has 11 heteroatoms. The van der Waals surface area contributed by atoms with Crippen molar-refractivity contribution < 1.29 is 31.9 Å². The van der Waals surface area contributed by atoms with Gasteiger partial charge in [0.05, 0.1) is 21.8 Å². The van der Waals surface area contributed by atoms with Crippen LogP contribution in [0.1, 0.15) is 30.1 Å². The Balaban J connectivity index is 1.74. The first-order valence-electron chi connectivity index (χ1n) is 9.74. The van der Waals surface area contributed by atoms with E-state index in [1.165, 1.54) is 18.2 Å². The highest BCUT2D eigenvalue weighted by Gasteiger charge is 2.43. The second-order valence-corrected chi connectivity index (χ2v) is 10.3. The minimum Gasteiger partial charge on any atom is -0.394 e. The minimum absolute atomic E-state index is 0.00166. The van der Waals surface area contributed by atoms with Crippen molar-refractivity contribution in [3.05, 3.63) is 58.6 Å². The zero-order chi connectivity index (χ0) is 23.6. The van der Waals surface area contributed by atoms with Crippen molar-refractivity contribution in [3.63, 3.8) is 0 Å². The van der Waals surface area contributed by atoms with Gasteiger partial charge in [-0.25, -0.2) is 17.2 Å². The van der Waals surface area contributed by atoms with Crippen LogP contribution in [0.25, 0.3) is 0 Å². The number of nitrogens with one attached hydrogen (secondary N) is 2. The molecule has 2 aromatic rings. The predicted molar refractivity (Wildman–Crippen MR) is 114 cm³/mol. The van der Waals surface area contributed by atoms with Crippen molar-refractivity contribution in [2.75, 3.05) is 11.9 Å². The number of aliphatic hydroxyl groups is 1. The fourth-order valence-electron chi connectivity index (χ4n) is 3.26. The topological polar surface area (TPSA) is 113 Å². The molecule has 1 atom stereocenters. The highest BCUT2D eigenvalue weighted by atomic mass is 35.5. The number of sulfone groups is 1. The maximum atomic E-state index is 13.4. The zero-order valence-electron chi connectivity index (χ0n) is 16.9. The van der Waals surface area contributed by atoms with Crippen molar-refractivity contribution in [2.45, 2.75) is 36.0 Å². The van der Waals surface area contributed by atoms with Gasteiger partial charge in [-0.1, -0.05) is 11.6 Å². The molecule has 0 bridgehead atoms. The number of carbonyl (C=O) groups excluding carboxylic acids is 2. The van der Waals surface area contributed by atoms with Crippen molar-refractivity contribution >= 4 is 38.9 Å². The number of aliphatic hydroxyl groups excluding tert-OH is 1. The summed E-state index contributed by atoms with van der Waals surface area (Å²) in [6.07, 6.45) is 0.182. The molecule has 1 saturated carbocycles. The molecule has 0 aromatic heterocycles. The van der Waals surface area contributed by atoms with E-state index in [4.69, 9.17) is 16.7 Å². The van der Waals surface area contributed by atoms with Gasteiger partial charge >= 0.3 is 0 Å². The van der Waals surface area contributed by atoms with Crippen LogP contribution in [0.3, 0.4) is 0 Å². The monoisotopic (exact) mass is 486 g/mol. The van der Waals surface area contributed by atoms with Crippen LogP contribution < -0.4 is 10.6 Å². The molecule has 0 aliphatic heterocycles. The van der Waals surface area contributed by atoms with Crippen molar-refractivity contribution in [2.24, 2.45) is 5.92 Å². The SMILES string of the molecule is C[C@@H](CO)NC(=O)[C@H]1C[C@@H](S(=O)(=O)c2cc(C(=O)Nc3ccc(F)c(F)c3)ccc2Cl)C1. The van der Waals surface area contributed by atoms with E-state index in [0.717, 1.165) is 18.2 Å². The average molecular weight is 487 g/mol. The molecule has 0 unspecified atom stereocenters. The zero-order valence-corrected chi connectivity index (χ0v) is 18.5. The maximum Gasteiger partial charge on any atom is 0.255 e. The number of hydrogen-bond donors (Lipinski definition) is 3. The Morgan fingerprint density at radius 2 is 1.84 bits per heavy atom. The number of anilines is 1. The van der Waals surface area contributed by atoms with E-state index in [2.05, 4.69) is 10.6 Å². The van der Waals surface area contributed by atoms with E-state index in [-0.39, 0.29) is 46.5 Å². The molecule has 2 amide bonds. The molecule has 1 fully saturated rings. The summed E-state index contributed by atoms with van der Waals surface area (Å²) in [6, 6.07) is 6.09. The lowest BCUT2D eigenvalue weighted by molar-refractivity contribution is -0.128. The Labute approximate surface area is 188 Å². The summed E-state index contributed by atoms with van der Waals surface area (Å²) in [6.45, 7) is 1.40. The van der Waals surface area contributed by atoms with Gasteiger partial charge in [0, 0.05) is 29.3 Å². The summed E-state index contributed by atoms with van der Waals surface area (Å²) in [4.78, 5) is 24.3. The molecule has 2 aromatic carbocycles. The third kappa shape index (κ3) is 5.08. The molecule has 1 aliphatic rings. The first kappa shape index (κ1) is 24.1. The molecule has 0 radical (unpaired) electrons. The van der Waals surface area contributed by atoms with E-state index in [0.29, 0.717) is 0 Å². The second kappa shape index (κ2) is 9.51. The quantitative estimate of drug-likeness (QED) is 0.557. The second-order valence-electron chi connectivity index (χ2n) is 7.66. The van der Waals surface area contributed by atoms with E-state index in [9.17, 15) is 26.8 Å². The van der Waals surface area contributed by atoms with Crippen LogP contribution in [0.2, 0.25) is 5.02 Å². The van der Waals surface area contributed by atoms with E-state index in [1.807, 2.05) is 0 Å². The van der Waals surface area contributed by atoms with Gasteiger partial charge in [-0.3, -0.25) is 9.59 Å². The Morgan fingerprint density at radius 3 is 2.47 bits per heavy atom. The molecule has 3 N–H and O–H groups in total. The number of hydrogen-bond acceptors (Lipinski definition) is 5. The summed E-state index contributed by atoms with van der Waals surface area (Å²) in [5, 5.41) is 13.1. The summed E-state index contributed by atoms with van der Waals surface area (Å²) < 4.78 is 52.4. The number of carbonyl (C=O) groups is 2. The van der Waals surface area contributed by atoms with Crippen molar-refractivity contribution in [3.8, 4) is 0 Å². The highest BCUT2D eigenvalue weighted by Crippen LogP contribution is 2.38. The molecule has 0 spiro atoms. The van der Waals surface area contributed by atoms with Gasteiger partial charge < -0.3 is 15.7 Å². The Bertz CT molecular complexity index is 1150. The third-order valence-corrected chi connectivity index (χ3v) is 7.90. The van der Waals surface area contributed by atoms with Gasteiger partial charge in [-0.2, -0.15) is 0 Å². The molecule has 0 heterocycles. The smallest absolute Gasteiger partial charge is 0.255 e. The minimum atomic E-state index is -3.93. The van der Waals surface area contributed by atoms with Gasteiger partial charge in [0.15, 0.2) is 21.5 Å². The molecular weight excluding hydrogens is 466 g/mol. The normalized spacial score (nSPS) is 19.0. The van der Waals surface area contributed by atoms with Crippen LogP contribution >= 0.6 is 11.6 Å². The molecular formula is C21H21ClF2N2O5S. The van der Waals surface area contributed by atoms with E-state index < -0.39 is 44.6 Å². The lowest BCUT2D eigenvalue weighted by atomic mass is 9.84. The summed E-state index contributed by atoms with van der Waals surface area (Å²) in [7, 11) is -3.93. The van der Waals surface area contributed by atoms with Crippen LogP contribution in [-0.2, 0) is 14.6 Å². The standard InChI is InChI=1S/C21H21ClF2N2O5S/c1-11(10-27)25-21(29)13-6-15(7-13)32(30,31)19-8-12(2-4-16(19)22)20(28)26-14-3-5-17(23)18(24)9-14/h2-5,8-9,11,13,15,27H,6-7,10H2,1H3,(H,25,29)(H,26,28)/t11-,13-,15+/m0/s1. The lowest BCUT2D eigenvalue weighted by Crippen LogP contribution is -2.47. The van der Waals surface area contributed by atoms with Gasteiger partial charge in [0.1, 0.15) is 0 Å². The highest BCUT2D eigenvalue weighted by molar-refractivity contribution is 7.92. The number of amides is 2. The van der Waals surface area contributed by atoms with E-state index >= 15 is 0 Å². The van der Waals surface area contributed by atoms with Gasteiger partial charge in [0.2, 0.25) is 5.91 Å². The van der Waals surface area contributed by atoms with Crippen molar-refractivity contribution in [1.29, 1.82) is 0 Å². The van der Waals surface area contributed by atoms with Crippen molar-refractivity contribution in [1.82, 2.24) is 5.32 Å². The molecule has 32 heavy (non-hydrogen) atoms. The Morgan fingerprint density at radius 1 is 1.16 bits per heavy atom. The number of rotatable bonds is 7. The first-order chi connectivity index (χ1) is 15.0. The van der Waals surface area contributed by atoms with E-state index in [1.54, 1.807) is 6.92 Å². The predicted octanol–water partition coefficient (Wildman–Crippen LogP) is 2.92. The molecule has 0 saturated heterocycles. The number of benzene rings is 2. The number of halogens is 3.